The molecule has 0 aliphatic rings. The first kappa shape index (κ1) is 15.2. The van der Waals surface area contributed by atoms with Gasteiger partial charge in [-0.15, -0.1) is 5.26 Å². The summed E-state index contributed by atoms with van der Waals surface area (Å²) in [4.78, 5) is 9.42. The van der Waals surface area contributed by atoms with Crippen LogP contribution in [0.2, 0.25) is 0 Å². The summed E-state index contributed by atoms with van der Waals surface area (Å²) >= 11 is 0. The molecule has 94 valence electrons. The lowest BCUT2D eigenvalue weighted by atomic mass is 10.2. The van der Waals surface area contributed by atoms with Gasteiger partial charge in [-0.25, -0.2) is 9.78 Å². The van der Waals surface area contributed by atoms with Gasteiger partial charge < -0.3 is 10.1 Å². The average molecular weight is 239 g/mol. The van der Waals surface area contributed by atoms with E-state index in [1.54, 1.807) is 38.6 Å². The molecule has 0 rings (SSSR count). The summed E-state index contributed by atoms with van der Waals surface area (Å²) in [5.41, 5.74) is 0.761. The molecular formula is C11H17N3O3. The Balaban J connectivity index is 3.95. The molecule has 0 amide bonds. The summed E-state index contributed by atoms with van der Waals surface area (Å²) in [5, 5.41) is 14.0. The standard InChI is InChI=1S/C11H17N3O3/c1-4-10(2)11(15-7-12)5-6-14-9-17-16-8-13-3/h4-6,13-14H,1,8-9H2,2-3H3/b6-5+,11-10+. The maximum absolute atomic E-state index is 8.43. The van der Waals surface area contributed by atoms with E-state index in [9.17, 15) is 0 Å². The van der Waals surface area contributed by atoms with Gasteiger partial charge in [0.2, 0.25) is 0 Å². The molecule has 6 nitrogen and oxygen atoms in total. The van der Waals surface area contributed by atoms with E-state index in [2.05, 4.69) is 22.1 Å². The van der Waals surface area contributed by atoms with Crippen LogP contribution in [0, 0.1) is 11.5 Å². The van der Waals surface area contributed by atoms with Crippen LogP contribution >= 0.6 is 0 Å². The van der Waals surface area contributed by atoms with Crippen LogP contribution in [0.3, 0.4) is 0 Å². The maximum Gasteiger partial charge on any atom is 0.292 e. The Bertz CT molecular complexity index is 318. The fraction of sp³-hybridized carbons (Fsp3) is 0.364. The van der Waals surface area contributed by atoms with Crippen molar-refractivity contribution in [2.75, 3.05) is 20.5 Å². The second kappa shape index (κ2) is 10.7. The Hall–Kier alpha value is -1.81. The first-order valence-corrected chi connectivity index (χ1v) is 4.94. The van der Waals surface area contributed by atoms with Gasteiger partial charge in [0.25, 0.3) is 6.26 Å². The summed E-state index contributed by atoms with van der Waals surface area (Å²) in [7, 11) is 1.74. The molecule has 0 heterocycles. The third-order valence-electron chi connectivity index (χ3n) is 1.63. The second-order valence-electron chi connectivity index (χ2n) is 2.86. The highest BCUT2D eigenvalue weighted by atomic mass is 17.2. The van der Waals surface area contributed by atoms with Gasteiger partial charge in [-0.05, 0) is 25.6 Å². The van der Waals surface area contributed by atoms with Crippen molar-refractivity contribution in [3.05, 3.63) is 36.3 Å². The number of hydrogen-bond donors (Lipinski definition) is 2. The zero-order chi connectivity index (χ0) is 12.9. The first-order chi connectivity index (χ1) is 8.26. The Kier molecular flexibility index (Phi) is 9.56. The van der Waals surface area contributed by atoms with E-state index in [0.717, 1.165) is 5.57 Å². The van der Waals surface area contributed by atoms with Crippen LogP contribution in [0.15, 0.2) is 36.3 Å². The van der Waals surface area contributed by atoms with Crippen molar-refractivity contribution in [1.29, 1.82) is 5.26 Å². The van der Waals surface area contributed by atoms with Crippen molar-refractivity contribution in [2.24, 2.45) is 0 Å². The Morgan fingerprint density at radius 3 is 2.71 bits per heavy atom. The monoisotopic (exact) mass is 239 g/mol. The third kappa shape index (κ3) is 8.04. The van der Waals surface area contributed by atoms with Gasteiger partial charge in [0.15, 0.2) is 6.73 Å². The van der Waals surface area contributed by atoms with E-state index in [-0.39, 0.29) is 6.73 Å². The molecule has 0 fully saturated rings. The molecule has 0 aromatic heterocycles. The van der Waals surface area contributed by atoms with Crippen molar-refractivity contribution < 1.29 is 14.5 Å². The topological polar surface area (TPSA) is 75.5 Å². The van der Waals surface area contributed by atoms with Crippen LogP contribution in [-0.4, -0.2) is 20.5 Å². The minimum absolute atomic E-state index is 0.186. The number of nitrogens with zero attached hydrogens (tertiary/aromatic N) is 1. The lowest BCUT2D eigenvalue weighted by molar-refractivity contribution is -0.300. The molecule has 0 unspecified atom stereocenters. The van der Waals surface area contributed by atoms with Crippen molar-refractivity contribution >= 4 is 0 Å². The van der Waals surface area contributed by atoms with Crippen molar-refractivity contribution in [3.8, 4) is 6.26 Å². The van der Waals surface area contributed by atoms with Gasteiger partial charge in [-0.3, -0.25) is 5.32 Å². The highest BCUT2D eigenvalue weighted by molar-refractivity contribution is 5.26. The van der Waals surface area contributed by atoms with E-state index in [1.807, 2.05) is 0 Å². The maximum atomic E-state index is 8.43. The molecular weight excluding hydrogens is 222 g/mol. The van der Waals surface area contributed by atoms with Gasteiger partial charge >= 0.3 is 0 Å². The van der Waals surface area contributed by atoms with E-state index in [4.69, 9.17) is 14.9 Å². The number of rotatable bonds is 9. The van der Waals surface area contributed by atoms with E-state index >= 15 is 0 Å². The Labute approximate surface area is 101 Å². The molecule has 0 saturated carbocycles. The summed E-state index contributed by atoms with van der Waals surface area (Å²) < 4.78 is 4.74. The molecule has 0 spiro atoms. The van der Waals surface area contributed by atoms with E-state index in [1.165, 1.54) is 0 Å². The van der Waals surface area contributed by atoms with Crippen molar-refractivity contribution in [2.45, 2.75) is 6.92 Å². The quantitative estimate of drug-likeness (QED) is 0.119. The van der Waals surface area contributed by atoms with Crippen LogP contribution < -0.4 is 10.6 Å². The summed E-state index contributed by atoms with van der Waals surface area (Å²) in [6.07, 6.45) is 6.39. The zero-order valence-corrected chi connectivity index (χ0v) is 10.0. The average Bonchev–Trinajstić information content (AvgIpc) is 2.35. The minimum atomic E-state index is 0.186. The van der Waals surface area contributed by atoms with Gasteiger partial charge in [0.05, 0.1) is 0 Å². The smallest absolute Gasteiger partial charge is 0.292 e. The fourth-order valence-corrected chi connectivity index (χ4v) is 0.755. The number of nitrogens with one attached hydrogen (secondary N) is 2. The number of hydrogen-bond acceptors (Lipinski definition) is 6. The molecule has 0 atom stereocenters. The van der Waals surface area contributed by atoms with Crippen LogP contribution in [0.25, 0.3) is 0 Å². The van der Waals surface area contributed by atoms with Crippen LogP contribution in [0.5, 0.6) is 0 Å². The minimum Gasteiger partial charge on any atom is -0.388 e. The van der Waals surface area contributed by atoms with Gasteiger partial charge in [-0.2, -0.15) is 0 Å². The fourth-order valence-electron chi connectivity index (χ4n) is 0.755. The van der Waals surface area contributed by atoms with E-state index in [0.29, 0.717) is 12.5 Å². The molecule has 17 heavy (non-hydrogen) atoms. The normalized spacial score (nSPS) is 11.8. The van der Waals surface area contributed by atoms with Crippen molar-refractivity contribution in [1.82, 2.24) is 10.6 Å². The van der Waals surface area contributed by atoms with E-state index < -0.39 is 0 Å². The lowest BCUT2D eigenvalue weighted by Gasteiger charge is -2.03. The molecule has 0 bridgehead atoms. The number of allylic oxidation sites excluding steroid dienone is 3. The third-order valence-corrected chi connectivity index (χ3v) is 1.63. The first-order valence-electron chi connectivity index (χ1n) is 4.94. The van der Waals surface area contributed by atoms with Gasteiger partial charge in [-0.1, -0.05) is 12.7 Å². The highest BCUT2D eigenvalue weighted by Crippen LogP contribution is 2.07. The van der Waals surface area contributed by atoms with Gasteiger partial charge in [0.1, 0.15) is 12.5 Å². The number of ether oxygens (including phenoxy) is 1. The SMILES string of the molecule is C=C/C(C)=C(\C=C\NCOOCNC)OC#N. The number of nitriles is 1. The molecule has 0 aliphatic heterocycles. The lowest BCUT2D eigenvalue weighted by Crippen LogP contribution is -2.16. The molecule has 0 aromatic carbocycles. The van der Waals surface area contributed by atoms with Gasteiger partial charge in [0, 0.05) is 6.20 Å². The Morgan fingerprint density at radius 2 is 2.12 bits per heavy atom. The second-order valence-corrected chi connectivity index (χ2v) is 2.86. The largest absolute Gasteiger partial charge is 0.388 e. The van der Waals surface area contributed by atoms with Crippen LogP contribution in [-0.2, 0) is 14.5 Å². The predicted octanol–water partition coefficient (Wildman–Crippen LogP) is 1.13. The molecule has 0 aliphatic carbocycles. The summed E-state index contributed by atoms with van der Waals surface area (Å²) in [6.45, 7) is 5.87. The highest BCUT2D eigenvalue weighted by Gasteiger charge is 1.96. The molecule has 6 heteroatoms. The Morgan fingerprint density at radius 1 is 1.41 bits per heavy atom. The van der Waals surface area contributed by atoms with Crippen molar-refractivity contribution in [3.63, 3.8) is 0 Å². The molecule has 2 N–H and O–H groups in total. The molecule has 0 saturated heterocycles. The van der Waals surface area contributed by atoms with Crippen LogP contribution in [0.1, 0.15) is 6.92 Å². The summed E-state index contributed by atoms with van der Waals surface area (Å²) in [5.74, 6) is 0.422. The molecule has 0 aromatic rings. The summed E-state index contributed by atoms with van der Waals surface area (Å²) in [6, 6.07) is 0. The zero-order valence-electron chi connectivity index (χ0n) is 10.0. The predicted molar refractivity (Wildman–Crippen MR) is 62.8 cm³/mol. The molecule has 0 radical (unpaired) electrons. The van der Waals surface area contributed by atoms with Crippen LogP contribution in [0.4, 0.5) is 0 Å².